The number of para-hydroxylation sites is 1. The zero-order valence-electron chi connectivity index (χ0n) is 14.2. The molecule has 1 saturated heterocycles. The lowest BCUT2D eigenvalue weighted by Gasteiger charge is -2.16. The van der Waals surface area contributed by atoms with E-state index >= 15 is 0 Å². The highest BCUT2D eigenvalue weighted by Crippen LogP contribution is 2.28. The molecule has 0 radical (unpaired) electrons. The topological polar surface area (TPSA) is 146 Å². The minimum atomic E-state index is -1.41. The number of benzene rings is 1. The van der Waals surface area contributed by atoms with Gasteiger partial charge < -0.3 is 30.2 Å². The molecule has 1 fully saturated rings. The zero-order chi connectivity index (χ0) is 19.4. The van der Waals surface area contributed by atoms with Gasteiger partial charge in [-0.3, -0.25) is 4.57 Å². The predicted molar refractivity (Wildman–Crippen MR) is 91.7 cm³/mol. The van der Waals surface area contributed by atoms with Crippen molar-refractivity contribution >= 4 is 11.8 Å². The molecule has 0 saturated carbocycles. The largest absolute Gasteiger partial charge is 0.482 e. The van der Waals surface area contributed by atoms with Crippen LogP contribution in [-0.4, -0.2) is 57.3 Å². The molecule has 0 amide bonds. The molecule has 10 nitrogen and oxygen atoms in total. The molecular formula is C17H19N3O7. The third-order valence-electron chi connectivity index (χ3n) is 3.97. The Morgan fingerprint density at radius 3 is 2.67 bits per heavy atom. The lowest BCUT2D eigenvalue weighted by atomic mass is 10.1. The van der Waals surface area contributed by atoms with Gasteiger partial charge in [0.1, 0.15) is 36.5 Å². The van der Waals surface area contributed by atoms with Crippen LogP contribution < -0.4 is 16.2 Å². The van der Waals surface area contributed by atoms with Gasteiger partial charge in [-0.15, -0.1) is 0 Å². The average molecular weight is 377 g/mol. The van der Waals surface area contributed by atoms with E-state index in [1.54, 1.807) is 24.3 Å². The van der Waals surface area contributed by atoms with Gasteiger partial charge in [0.25, 0.3) is 0 Å². The van der Waals surface area contributed by atoms with Gasteiger partial charge >= 0.3 is 11.7 Å². The van der Waals surface area contributed by atoms with E-state index < -0.39 is 36.2 Å². The van der Waals surface area contributed by atoms with Gasteiger partial charge in [-0.2, -0.15) is 4.98 Å². The van der Waals surface area contributed by atoms with Crippen molar-refractivity contribution in [2.75, 3.05) is 18.9 Å². The predicted octanol–water partition coefficient (Wildman–Crippen LogP) is -0.933. The van der Waals surface area contributed by atoms with E-state index in [9.17, 15) is 19.8 Å². The lowest BCUT2D eigenvalue weighted by Crippen LogP contribution is -2.36. The lowest BCUT2D eigenvalue weighted by molar-refractivity contribution is -0.152. The number of hydrogen-bond acceptors (Lipinski definition) is 9. The van der Waals surface area contributed by atoms with Crippen LogP contribution in [0.1, 0.15) is 6.23 Å². The quantitative estimate of drug-likeness (QED) is 0.543. The summed E-state index contributed by atoms with van der Waals surface area (Å²) in [5, 5.41) is 20.2. The number of aliphatic hydroxyl groups is 2. The summed E-state index contributed by atoms with van der Waals surface area (Å²) in [6.07, 6.45) is -3.66. The van der Waals surface area contributed by atoms with Crippen LogP contribution >= 0.6 is 0 Å². The number of aliphatic hydroxyl groups excluding tert-OH is 2. The summed E-state index contributed by atoms with van der Waals surface area (Å²) in [5.74, 6) is -0.135. The SMILES string of the molecule is Nc1ccn([C@@H]2O[C@H](COC(=O)COc3ccccc3)[C@@H](O)[C@H]2O)c(=O)n1. The van der Waals surface area contributed by atoms with Crippen LogP contribution in [0.25, 0.3) is 0 Å². The van der Waals surface area contributed by atoms with E-state index in [4.69, 9.17) is 19.9 Å². The molecule has 0 unspecified atom stereocenters. The number of nitrogens with two attached hydrogens (primary N) is 1. The van der Waals surface area contributed by atoms with Crippen molar-refractivity contribution in [3.05, 3.63) is 53.1 Å². The Kier molecular flexibility index (Phi) is 5.69. The first-order valence-electron chi connectivity index (χ1n) is 8.15. The minimum Gasteiger partial charge on any atom is -0.482 e. The molecule has 1 aromatic carbocycles. The average Bonchev–Trinajstić information content (AvgIpc) is 2.94. The van der Waals surface area contributed by atoms with E-state index in [1.807, 2.05) is 6.07 Å². The van der Waals surface area contributed by atoms with Crippen molar-refractivity contribution in [1.29, 1.82) is 0 Å². The summed E-state index contributed by atoms with van der Waals surface area (Å²) in [6.45, 7) is -0.636. The molecule has 144 valence electrons. The number of esters is 1. The number of anilines is 1. The molecule has 10 heteroatoms. The van der Waals surface area contributed by atoms with Crippen LogP contribution in [0, 0.1) is 0 Å². The van der Waals surface area contributed by atoms with Crippen LogP contribution in [0.2, 0.25) is 0 Å². The summed E-state index contributed by atoms with van der Waals surface area (Å²) in [7, 11) is 0. The molecule has 27 heavy (non-hydrogen) atoms. The van der Waals surface area contributed by atoms with Crippen molar-refractivity contribution in [2.24, 2.45) is 0 Å². The van der Waals surface area contributed by atoms with E-state index in [2.05, 4.69) is 4.98 Å². The number of ether oxygens (including phenoxy) is 3. The number of aromatic nitrogens is 2. The molecule has 1 aromatic heterocycles. The Bertz CT molecular complexity index is 842. The second-order valence-corrected chi connectivity index (χ2v) is 5.87. The first-order chi connectivity index (χ1) is 13.0. The molecule has 0 spiro atoms. The summed E-state index contributed by atoms with van der Waals surface area (Å²) in [4.78, 5) is 27.2. The van der Waals surface area contributed by atoms with Gasteiger partial charge in [0.2, 0.25) is 0 Å². The minimum absolute atomic E-state index is 0.0215. The summed E-state index contributed by atoms with van der Waals surface area (Å²) in [6, 6.07) is 10.1. The molecule has 0 bridgehead atoms. The maximum atomic E-state index is 11.9. The Labute approximate surface area is 153 Å². The van der Waals surface area contributed by atoms with Crippen LogP contribution in [-0.2, 0) is 14.3 Å². The summed E-state index contributed by atoms with van der Waals surface area (Å²) in [5.41, 5.74) is 4.68. The van der Waals surface area contributed by atoms with Gasteiger partial charge in [0, 0.05) is 6.20 Å². The van der Waals surface area contributed by atoms with Crippen LogP contribution in [0.4, 0.5) is 5.82 Å². The molecule has 2 aromatic rings. The number of nitrogens with zero attached hydrogens (tertiary/aromatic N) is 2. The fourth-order valence-electron chi connectivity index (χ4n) is 2.59. The second kappa shape index (κ2) is 8.16. The first-order valence-corrected chi connectivity index (χ1v) is 8.15. The molecular weight excluding hydrogens is 358 g/mol. The Morgan fingerprint density at radius 1 is 1.22 bits per heavy atom. The number of carbonyl (C=O) groups excluding carboxylic acids is 1. The highest BCUT2D eigenvalue weighted by Gasteiger charge is 2.44. The monoisotopic (exact) mass is 377 g/mol. The third kappa shape index (κ3) is 4.42. The van der Waals surface area contributed by atoms with Crippen molar-refractivity contribution in [1.82, 2.24) is 9.55 Å². The number of rotatable bonds is 6. The molecule has 4 atom stereocenters. The highest BCUT2D eigenvalue weighted by atomic mass is 16.6. The summed E-state index contributed by atoms with van der Waals surface area (Å²) < 4.78 is 16.7. The zero-order valence-corrected chi connectivity index (χ0v) is 14.2. The van der Waals surface area contributed by atoms with Crippen molar-refractivity contribution < 1.29 is 29.2 Å². The number of hydrogen-bond donors (Lipinski definition) is 3. The fraction of sp³-hybridized carbons (Fsp3) is 0.353. The van der Waals surface area contributed by atoms with Crippen LogP contribution in [0.5, 0.6) is 5.75 Å². The molecule has 1 aliphatic heterocycles. The van der Waals surface area contributed by atoms with E-state index in [0.29, 0.717) is 5.75 Å². The van der Waals surface area contributed by atoms with E-state index in [-0.39, 0.29) is 19.0 Å². The van der Waals surface area contributed by atoms with E-state index in [0.717, 1.165) is 4.57 Å². The second-order valence-electron chi connectivity index (χ2n) is 5.87. The molecule has 1 aliphatic rings. The molecule has 2 heterocycles. The van der Waals surface area contributed by atoms with Crippen molar-refractivity contribution in [3.63, 3.8) is 0 Å². The number of nitrogen functional groups attached to an aromatic ring is 1. The van der Waals surface area contributed by atoms with E-state index in [1.165, 1.54) is 12.3 Å². The maximum Gasteiger partial charge on any atom is 0.351 e. The van der Waals surface area contributed by atoms with Gasteiger partial charge in [-0.1, -0.05) is 18.2 Å². The molecule has 3 rings (SSSR count). The van der Waals surface area contributed by atoms with Gasteiger partial charge in [0.15, 0.2) is 12.8 Å². The maximum absolute atomic E-state index is 11.9. The normalized spacial score (nSPS) is 24.5. The standard InChI is InChI=1S/C17H19N3O7/c18-12-6-7-20(17(24)19-12)16-15(23)14(22)11(27-16)8-26-13(21)9-25-10-4-2-1-3-5-10/h1-7,11,14-16,22-23H,8-9H2,(H2,18,19,24)/t11-,14-,15-,16-/m1/s1. The first kappa shape index (κ1) is 18.8. The molecule has 4 N–H and O–H groups in total. The number of carbonyl (C=O) groups is 1. The van der Waals surface area contributed by atoms with Gasteiger partial charge in [-0.25, -0.2) is 9.59 Å². The Morgan fingerprint density at radius 2 is 1.96 bits per heavy atom. The smallest absolute Gasteiger partial charge is 0.351 e. The molecule has 0 aliphatic carbocycles. The highest BCUT2D eigenvalue weighted by molar-refractivity contribution is 5.71. The Balaban J connectivity index is 1.54. The van der Waals surface area contributed by atoms with Gasteiger partial charge in [0.05, 0.1) is 0 Å². The third-order valence-corrected chi connectivity index (χ3v) is 3.97. The summed E-state index contributed by atoms with van der Waals surface area (Å²) >= 11 is 0. The Hall–Kier alpha value is -2.95. The fourth-order valence-corrected chi connectivity index (χ4v) is 2.59. The van der Waals surface area contributed by atoms with Crippen LogP contribution in [0.3, 0.4) is 0 Å². The van der Waals surface area contributed by atoms with Gasteiger partial charge in [-0.05, 0) is 18.2 Å². The van der Waals surface area contributed by atoms with Crippen molar-refractivity contribution in [3.8, 4) is 5.75 Å². The van der Waals surface area contributed by atoms with Crippen LogP contribution in [0.15, 0.2) is 47.4 Å². The van der Waals surface area contributed by atoms with Crippen molar-refractivity contribution in [2.45, 2.75) is 24.5 Å².